The van der Waals surface area contributed by atoms with E-state index in [-0.39, 0.29) is 18.3 Å². The molecule has 32 heavy (non-hydrogen) atoms. The van der Waals surface area contributed by atoms with Crippen LogP contribution in [0.1, 0.15) is 38.2 Å². The predicted molar refractivity (Wildman–Crippen MR) is 124 cm³/mol. The summed E-state index contributed by atoms with van der Waals surface area (Å²) in [4.78, 5) is 17.9. The lowest BCUT2D eigenvalue weighted by atomic mass is 10.1. The number of benzene rings is 1. The molecule has 1 unspecified atom stereocenters. The summed E-state index contributed by atoms with van der Waals surface area (Å²) in [6.45, 7) is 3.70. The molecule has 8 nitrogen and oxygen atoms in total. The molecule has 1 aliphatic heterocycles. The van der Waals surface area contributed by atoms with E-state index in [4.69, 9.17) is 4.74 Å². The van der Waals surface area contributed by atoms with Crippen molar-refractivity contribution in [1.29, 1.82) is 0 Å². The van der Waals surface area contributed by atoms with Crippen molar-refractivity contribution in [3.63, 3.8) is 0 Å². The monoisotopic (exact) mass is 461 g/mol. The number of carboxylic acid groups (broad SMARTS) is 1. The Kier molecular flexibility index (Phi) is 8.46. The molecule has 9 heteroatoms. The van der Waals surface area contributed by atoms with Gasteiger partial charge in [0.2, 0.25) is 10.0 Å². The summed E-state index contributed by atoms with van der Waals surface area (Å²) in [5.41, 5.74) is 1.90. The number of piperidine rings is 1. The van der Waals surface area contributed by atoms with Crippen LogP contribution in [0.2, 0.25) is 0 Å². The largest absolute Gasteiger partial charge is 0.490 e. The Morgan fingerprint density at radius 2 is 1.84 bits per heavy atom. The summed E-state index contributed by atoms with van der Waals surface area (Å²) in [7, 11) is -3.62. The SMILES string of the molecule is CCCCS(=O)(=O)NC(Cc1ccc(OC2CCN(c3ccncc3)CC2)cc1)C(=O)O. The van der Waals surface area contributed by atoms with Crippen LogP contribution in [-0.4, -0.2) is 55.5 Å². The summed E-state index contributed by atoms with van der Waals surface area (Å²) in [5, 5.41) is 9.44. The average molecular weight is 462 g/mol. The number of nitrogens with zero attached hydrogens (tertiary/aromatic N) is 2. The molecule has 1 aromatic carbocycles. The zero-order valence-electron chi connectivity index (χ0n) is 18.3. The molecule has 174 valence electrons. The number of aliphatic carboxylic acids is 1. The number of carbonyl (C=O) groups is 1. The van der Waals surface area contributed by atoms with Crippen LogP contribution in [0.25, 0.3) is 0 Å². The highest BCUT2D eigenvalue weighted by Crippen LogP contribution is 2.23. The summed E-state index contributed by atoms with van der Waals surface area (Å²) in [6.07, 6.45) is 6.82. The van der Waals surface area contributed by atoms with Gasteiger partial charge in [-0.2, -0.15) is 0 Å². The van der Waals surface area contributed by atoms with E-state index in [1.165, 1.54) is 5.69 Å². The molecule has 1 fully saturated rings. The van der Waals surface area contributed by atoms with Crippen LogP contribution >= 0.6 is 0 Å². The van der Waals surface area contributed by atoms with E-state index in [0.717, 1.165) is 43.7 Å². The van der Waals surface area contributed by atoms with Gasteiger partial charge in [-0.1, -0.05) is 25.5 Å². The molecule has 3 rings (SSSR count). The van der Waals surface area contributed by atoms with Crippen molar-refractivity contribution in [2.45, 2.75) is 51.2 Å². The summed E-state index contributed by atoms with van der Waals surface area (Å²) in [6, 6.07) is 10.0. The fraction of sp³-hybridized carbons (Fsp3) is 0.478. The Labute approximate surface area is 189 Å². The third-order valence-corrected chi connectivity index (χ3v) is 6.99. The maximum Gasteiger partial charge on any atom is 0.322 e. The van der Waals surface area contributed by atoms with Gasteiger partial charge in [-0.15, -0.1) is 0 Å². The standard InChI is InChI=1S/C23H31N3O5S/c1-2-3-16-32(29,30)25-22(23(27)28)17-18-4-6-20(7-5-18)31-21-10-14-26(15-11-21)19-8-12-24-13-9-19/h4-9,12-13,21-22,25H,2-3,10-11,14-17H2,1H3,(H,27,28). The van der Waals surface area contributed by atoms with Crippen molar-refractivity contribution >= 4 is 21.7 Å². The Morgan fingerprint density at radius 3 is 2.44 bits per heavy atom. The van der Waals surface area contributed by atoms with Crippen molar-refractivity contribution in [2.75, 3.05) is 23.7 Å². The zero-order valence-corrected chi connectivity index (χ0v) is 19.1. The third-order valence-electron chi connectivity index (χ3n) is 5.52. The molecular weight excluding hydrogens is 430 g/mol. The molecule has 2 aromatic rings. The molecule has 0 amide bonds. The first-order valence-electron chi connectivity index (χ1n) is 11.0. The number of unbranched alkanes of at least 4 members (excludes halogenated alkanes) is 1. The molecule has 1 saturated heterocycles. The van der Waals surface area contributed by atoms with E-state index in [1.807, 2.05) is 31.2 Å². The molecule has 0 saturated carbocycles. The second kappa shape index (κ2) is 11.3. The number of sulfonamides is 1. The van der Waals surface area contributed by atoms with Crippen LogP contribution < -0.4 is 14.4 Å². The maximum atomic E-state index is 12.1. The lowest BCUT2D eigenvalue weighted by molar-refractivity contribution is -0.138. The van der Waals surface area contributed by atoms with E-state index in [2.05, 4.69) is 14.6 Å². The molecule has 0 radical (unpaired) electrons. The molecule has 1 aliphatic rings. The van der Waals surface area contributed by atoms with Gasteiger partial charge >= 0.3 is 5.97 Å². The fourth-order valence-electron chi connectivity index (χ4n) is 3.71. The normalized spacial score (nSPS) is 16.0. The lowest BCUT2D eigenvalue weighted by Crippen LogP contribution is -2.43. The van der Waals surface area contributed by atoms with Crippen molar-refractivity contribution in [1.82, 2.24) is 9.71 Å². The van der Waals surface area contributed by atoms with E-state index < -0.39 is 22.0 Å². The first-order valence-corrected chi connectivity index (χ1v) is 12.6. The van der Waals surface area contributed by atoms with Crippen molar-refractivity contribution < 1.29 is 23.1 Å². The van der Waals surface area contributed by atoms with Crippen molar-refractivity contribution in [3.05, 3.63) is 54.4 Å². The van der Waals surface area contributed by atoms with E-state index in [0.29, 0.717) is 6.42 Å². The number of rotatable bonds is 11. The lowest BCUT2D eigenvalue weighted by Gasteiger charge is -2.33. The maximum absolute atomic E-state index is 12.1. The predicted octanol–water partition coefficient (Wildman–Crippen LogP) is 2.84. The molecule has 0 bridgehead atoms. The van der Waals surface area contributed by atoms with E-state index >= 15 is 0 Å². The van der Waals surface area contributed by atoms with Gasteiger partial charge in [0.1, 0.15) is 17.9 Å². The smallest absolute Gasteiger partial charge is 0.322 e. The molecule has 2 heterocycles. The number of hydrogen-bond donors (Lipinski definition) is 2. The topological polar surface area (TPSA) is 109 Å². The van der Waals surface area contributed by atoms with Crippen LogP contribution in [0.15, 0.2) is 48.8 Å². The van der Waals surface area contributed by atoms with Crippen LogP contribution in [0.4, 0.5) is 5.69 Å². The molecule has 2 N–H and O–H groups in total. The Hall–Kier alpha value is -2.65. The van der Waals surface area contributed by atoms with Gasteiger partial charge in [-0.3, -0.25) is 9.78 Å². The van der Waals surface area contributed by atoms with Gasteiger partial charge in [0.15, 0.2) is 0 Å². The van der Waals surface area contributed by atoms with Crippen molar-refractivity contribution in [3.8, 4) is 5.75 Å². The Bertz CT molecular complexity index is 959. The Balaban J connectivity index is 1.51. The fourth-order valence-corrected chi connectivity index (χ4v) is 5.11. The van der Waals surface area contributed by atoms with Gasteiger partial charge in [0.05, 0.1) is 5.75 Å². The van der Waals surface area contributed by atoms with Gasteiger partial charge in [-0.25, -0.2) is 13.1 Å². The number of aromatic nitrogens is 1. The van der Waals surface area contributed by atoms with Gasteiger partial charge in [0.25, 0.3) is 0 Å². The number of hydrogen-bond acceptors (Lipinski definition) is 6. The zero-order chi connectivity index (χ0) is 23.0. The van der Waals surface area contributed by atoms with E-state index in [1.54, 1.807) is 24.5 Å². The van der Waals surface area contributed by atoms with Gasteiger partial charge in [-0.05, 0) is 42.7 Å². The first-order chi connectivity index (χ1) is 15.4. The molecule has 1 aromatic heterocycles. The van der Waals surface area contributed by atoms with Crippen LogP contribution in [0.5, 0.6) is 5.75 Å². The highest BCUT2D eigenvalue weighted by molar-refractivity contribution is 7.89. The number of ether oxygens (including phenoxy) is 1. The quantitative estimate of drug-likeness (QED) is 0.530. The molecular formula is C23H31N3O5S. The number of pyridine rings is 1. The Morgan fingerprint density at radius 1 is 1.19 bits per heavy atom. The average Bonchev–Trinajstić information content (AvgIpc) is 2.79. The second-order valence-corrected chi connectivity index (χ2v) is 9.91. The van der Waals surface area contributed by atoms with Gasteiger partial charge in [0, 0.05) is 44.0 Å². The molecule has 0 aliphatic carbocycles. The van der Waals surface area contributed by atoms with E-state index in [9.17, 15) is 18.3 Å². The van der Waals surface area contributed by atoms with Crippen LogP contribution in [0, 0.1) is 0 Å². The van der Waals surface area contributed by atoms with Crippen molar-refractivity contribution in [2.24, 2.45) is 0 Å². The minimum absolute atomic E-state index is 0.0694. The summed E-state index contributed by atoms with van der Waals surface area (Å²) >= 11 is 0. The van der Waals surface area contributed by atoms with Gasteiger partial charge < -0.3 is 14.7 Å². The molecule has 1 atom stereocenters. The highest BCUT2D eigenvalue weighted by atomic mass is 32.2. The third kappa shape index (κ3) is 7.20. The number of anilines is 1. The van der Waals surface area contributed by atoms with Crippen LogP contribution in [-0.2, 0) is 21.2 Å². The van der Waals surface area contributed by atoms with Crippen LogP contribution in [0.3, 0.4) is 0 Å². The highest BCUT2D eigenvalue weighted by Gasteiger charge is 2.24. The minimum atomic E-state index is -3.62. The first kappa shape index (κ1) is 24.0. The number of nitrogens with one attached hydrogen (secondary N) is 1. The second-order valence-electron chi connectivity index (χ2n) is 8.04. The summed E-state index contributed by atoms with van der Waals surface area (Å²) < 4.78 is 32.6. The summed E-state index contributed by atoms with van der Waals surface area (Å²) in [5.74, 6) is -0.530. The minimum Gasteiger partial charge on any atom is -0.490 e. The molecule has 0 spiro atoms. The number of carboxylic acids is 1.